The summed E-state index contributed by atoms with van der Waals surface area (Å²) in [6.07, 6.45) is 2.22. The first-order valence-electron chi connectivity index (χ1n) is 5.52. The van der Waals surface area contributed by atoms with Crippen molar-refractivity contribution in [2.24, 2.45) is 0 Å². The van der Waals surface area contributed by atoms with Crippen LogP contribution in [0.3, 0.4) is 0 Å². The van der Waals surface area contributed by atoms with Gasteiger partial charge in [-0.2, -0.15) is 5.26 Å². The maximum absolute atomic E-state index is 8.88. The summed E-state index contributed by atoms with van der Waals surface area (Å²) in [5, 5.41) is 12.2. The highest BCUT2D eigenvalue weighted by Gasteiger charge is 2.05. The van der Waals surface area contributed by atoms with Gasteiger partial charge < -0.3 is 0 Å². The molecule has 1 heterocycles. The average molecular weight is 218 g/mol. The number of pyridine rings is 1. The molecule has 3 rings (SSSR count). The zero-order valence-electron chi connectivity index (χ0n) is 9.22. The molecule has 0 unspecified atom stereocenters. The van der Waals surface area contributed by atoms with Crippen LogP contribution in [-0.4, -0.2) is 4.98 Å². The highest BCUT2D eigenvalue weighted by atomic mass is 14.6. The van der Waals surface area contributed by atoms with Crippen LogP contribution in [0.15, 0.2) is 48.7 Å². The fraction of sp³-hybridized carbons (Fsp3) is 0.0667. The molecule has 0 fully saturated rings. The van der Waals surface area contributed by atoms with Gasteiger partial charge in [0.25, 0.3) is 0 Å². The van der Waals surface area contributed by atoms with E-state index in [-0.39, 0.29) is 0 Å². The number of nitrogens with zero attached hydrogens (tertiary/aromatic N) is 2. The first-order valence-corrected chi connectivity index (χ1v) is 5.52. The molecule has 0 aliphatic carbocycles. The van der Waals surface area contributed by atoms with Gasteiger partial charge in [0.2, 0.25) is 0 Å². The molecule has 3 aromatic rings. The molecular formula is C15H10N2. The number of rotatable bonds is 1. The van der Waals surface area contributed by atoms with Gasteiger partial charge in [-0.05, 0) is 17.0 Å². The van der Waals surface area contributed by atoms with Crippen LogP contribution >= 0.6 is 0 Å². The SMILES string of the molecule is N#CCc1cccc2ccc3cccnc3c12. The van der Waals surface area contributed by atoms with Crippen LogP contribution in [0.4, 0.5) is 0 Å². The highest BCUT2D eigenvalue weighted by Crippen LogP contribution is 2.26. The van der Waals surface area contributed by atoms with E-state index in [0.717, 1.165) is 27.2 Å². The molecule has 1 aromatic heterocycles. The predicted molar refractivity (Wildman–Crippen MR) is 68.6 cm³/mol. The number of hydrogen-bond acceptors (Lipinski definition) is 2. The Morgan fingerprint density at radius 1 is 1.00 bits per heavy atom. The largest absolute Gasteiger partial charge is 0.256 e. The molecule has 0 atom stereocenters. The van der Waals surface area contributed by atoms with E-state index in [0.29, 0.717) is 6.42 Å². The molecule has 0 bridgehead atoms. The molecule has 2 heteroatoms. The lowest BCUT2D eigenvalue weighted by molar-refractivity contribution is 1.29. The highest BCUT2D eigenvalue weighted by molar-refractivity contribution is 6.06. The van der Waals surface area contributed by atoms with Gasteiger partial charge in [0, 0.05) is 17.0 Å². The summed E-state index contributed by atoms with van der Waals surface area (Å²) < 4.78 is 0. The Balaban J connectivity index is 2.51. The van der Waals surface area contributed by atoms with Gasteiger partial charge in [-0.25, -0.2) is 0 Å². The minimum atomic E-state index is 0.424. The van der Waals surface area contributed by atoms with Crippen molar-refractivity contribution in [2.75, 3.05) is 0 Å². The molecule has 0 amide bonds. The Hall–Kier alpha value is -2.40. The van der Waals surface area contributed by atoms with E-state index in [1.54, 1.807) is 6.20 Å². The van der Waals surface area contributed by atoms with E-state index in [9.17, 15) is 0 Å². The summed E-state index contributed by atoms with van der Waals surface area (Å²) in [5.74, 6) is 0. The van der Waals surface area contributed by atoms with Crippen molar-refractivity contribution in [1.29, 1.82) is 5.26 Å². The maximum atomic E-state index is 8.88. The second-order valence-corrected chi connectivity index (χ2v) is 3.99. The van der Waals surface area contributed by atoms with Gasteiger partial charge in [-0.15, -0.1) is 0 Å². The minimum absolute atomic E-state index is 0.424. The Kier molecular flexibility index (Phi) is 2.23. The zero-order chi connectivity index (χ0) is 11.7. The number of hydrogen-bond donors (Lipinski definition) is 0. The van der Waals surface area contributed by atoms with E-state index in [1.165, 1.54) is 0 Å². The van der Waals surface area contributed by atoms with Gasteiger partial charge in [0.1, 0.15) is 0 Å². The number of benzene rings is 2. The third kappa shape index (κ3) is 1.53. The topological polar surface area (TPSA) is 36.7 Å². The van der Waals surface area contributed by atoms with Crippen molar-refractivity contribution in [3.63, 3.8) is 0 Å². The average Bonchev–Trinajstić information content (AvgIpc) is 2.39. The zero-order valence-corrected chi connectivity index (χ0v) is 9.22. The van der Waals surface area contributed by atoms with E-state index >= 15 is 0 Å². The number of aromatic nitrogens is 1. The first kappa shape index (κ1) is 9.80. The lowest BCUT2D eigenvalue weighted by atomic mass is 9.99. The van der Waals surface area contributed by atoms with Crippen LogP contribution in [-0.2, 0) is 6.42 Å². The summed E-state index contributed by atoms with van der Waals surface area (Å²) in [7, 11) is 0. The van der Waals surface area contributed by atoms with Crippen molar-refractivity contribution in [3.8, 4) is 6.07 Å². The van der Waals surface area contributed by atoms with Crippen molar-refractivity contribution in [2.45, 2.75) is 6.42 Å². The summed E-state index contributed by atoms with van der Waals surface area (Å²) in [6.45, 7) is 0. The molecule has 0 saturated carbocycles. The van der Waals surface area contributed by atoms with Crippen LogP contribution in [0.5, 0.6) is 0 Å². The quantitative estimate of drug-likeness (QED) is 0.586. The first-order chi connectivity index (χ1) is 8.40. The van der Waals surface area contributed by atoms with Gasteiger partial charge in [0.05, 0.1) is 18.0 Å². The van der Waals surface area contributed by atoms with E-state index in [4.69, 9.17) is 5.26 Å². The van der Waals surface area contributed by atoms with E-state index in [2.05, 4.69) is 29.3 Å². The molecular weight excluding hydrogens is 208 g/mol. The molecule has 0 saturated heterocycles. The van der Waals surface area contributed by atoms with Crippen molar-refractivity contribution < 1.29 is 0 Å². The van der Waals surface area contributed by atoms with Gasteiger partial charge >= 0.3 is 0 Å². The van der Waals surface area contributed by atoms with E-state index in [1.807, 2.05) is 24.3 Å². The Morgan fingerprint density at radius 3 is 2.71 bits per heavy atom. The van der Waals surface area contributed by atoms with Crippen LogP contribution in [0.25, 0.3) is 21.7 Å². The summed E-state index contributed by atoms with van der Waals surface area (Å²) in [6, 6.07) is 16.4. The second-order valence-electron chi connectivity index (χ2n) is 3.99. The minimum Gasteiger partial charge on any atom is -0.256 e. The molecule has 80 valence electrons. The molecule has 0 radical (unpaired) electrons. The standard InChI is InChI=1S/C15H10N2/c16-9-8-12-4-1-3-11-6-7-13-5-2-10-17-15(13)14(11)12/h1-7,10H,8H2. The molecule has 2 aromatic carbocycles. The molecule has 0 spiro atoms. The fourth-order valence-corrected chi connectivity index (χ4v) is 2.22. The molecule has 0 aliphatic rings. The molecule has 2 nitrogen and oxygen atoms in total. The predicted octanol–water partition coefficient (Wildman–Crippen LogP) is 3.45. The normalized spacial score (nSPS) is 10.5. The third-order valence-electron chi connectivity index (χ3n) is 2.97. The summed E-state index contributed by atoms with van der Waals surface area (Å²) in [4.78, 5) is 4.44. The number of fused-ring (bicyclic) bond motifs is 3. The Labute approximate surface area is 99.1 Å². The van der Waals surface area contributed by atoms with Crippen LogP contribution in [0.2, 0.25) is 0 Å². The molecule has 0 N–H and O–H groups in total. The van der Waals surface area contributed by atoms with Gasteiger partial charge in [-0.3, -0.25) is 4.98 Å². The summed E-state index contributed by atoms with van der Waals surface area (Å²) >= 11 is 0. The lowest BCUT2D eigenvalue weighted by Gasteiger charge is -2.06. The Bertz CT molecular complexity index is 739. The third-order valence-corrected chi connectivity index (χ3v) is 2.97. The molecule has 0 aliphatic heterocycles. The van der Waals surface area contributed by atoms with Gasteiger partial charge in [-0.1, -0.05) is 36.4 Å². The fourth-order valence-electron chi connectivity index (χ4n) is 2.22. The van der Waals surface area contributed by atoms with Crippen molar-refractivity contribution >= 4 is 21.7 Å². The molecule has 17 heavy (non-hydrogen) atoms. The van der Waals surface area contributed by atoms with E-state index < -0.39 is 0 Å². The van der Waals surface area contributed by atoms with Crippen molar-refractivity contribution in [1.82, 2.24) is 4.98 Å². The second kappa shape index (κ2) is 3.88. The smallest absolute Gasteiger partial charge is 0.0783 e. The van der Waals surface area contributed by atoms with Crippen LogP contribution < -0.4 is 0 Å². The van der Waals surface area contributed by atoms with Crippen molar-refractivity contribution in [3.05, 3.63) is 54.2 Å². The van der Waals surface area contributed by atoms with Crippen LogP contribution in [0.1, 0.15) is 5.56 Å². The van der Waals surface area contributed by atoms with Crippen LogP contribution in [0, 0.1) is 11.3 Å². The van der Waals surface area contributed by atoms with Gasteiger partial charge in [0.15, 0.2) is 0 Å². The maximum Gasteiger partial charge on any atom is 0.0783 e. The monoisotopic (exact) mass is 218 g/mol. The number of nitriles is 1. The lowest BCUT2D eigenvalue weighted by Crippen LogP contribution is -1.88. The Morgan fingerprint density at radius 2 is 1.82 bits per heavy atom. The summed E-state index contributed by atoms with van der Waals surface area (Å²) in [5.41, 5.74) is 2.03.